The van der Waals surface area contributed by atoms with E-state index in [9.17, 15) is 9.18 Å². The summed E-state index contributed by atoms with van der Waals surface area (Å²) in [6.07, 6.45) is 1.84. The van der Waals surface area contributed by atoms with E-state index in [2.05, 4.69) is 38.7 Å². The Morgan fingerprint density at radius 3 is 2.69 bits per heavy atom. The van der Waals surface area contributed by atoms with Gasteiger partial charge in [-0.05, 0) is 35.5 Å². The van der Waals surface area contributed by atoms with Crippen molar-refractivity contribution in [3.05, 3.63) is 47.8 Å². The van der Waals surface area contributed by atoms with Gasteiger partial charge in [-0.1, -0.05) is 27.4 Å². The van der Waals surface area contributed by atoms with Gasteiger partial charge in [0.2, 0.25) is 5.91 Å². The first kappa shape index (κ1) is 20.1. The molecular weight excluding hydrogens is 409 g/mol. The molecule has 1 fully saturated rings. The Balaban J connectivity index is 1.39. The Bertz CT molecular complexity index is 1040. The van der Waals surface area contributed by atoms with Gasteiger partial charge in [-0.25, -0.2) is 4.39 Å². The molecule has 0 spiro atoms. The van der Waals surface area contributed by atoms with Crippen molar-refractivity contribution in [2.75, 3.05) is 31.1 Å². The number of aromatic nitrogens is 4. The number of nitrogens with zero attached hydrogens (tertiary/aromatic N) is 6. The molecule has 1 aliphatic heterocycles. The topological polar surface area (TPSA) is 66.6 Å². The summed E-state index contributed by atoms with van der Waals surface area (Å²) in [4.78, 5) is 16.8. The van der Waals surface area contributed by atoms with E-state index in [0.717, 1.165) is 16.7 Å². The van der Waals surface area contributed by atoms with E-state index in [1.165, 1.54) is 6.92 Å². The van der Waals surface area contributed by atoms with Gasteiger partial charge < -0.3 is 9.80 Å². The quantitative estimate of drug-likeness (QED) is 0.586. The van der Waals surface area contributed by atoms with E-state index in [4.69, 9.17) is 0 Å². The molecule has 1 saturated heterocycles. The molecule has 3 atom stereocenters. The van der Waals surface area contributed by atoms with Gasteiger partial charge in [0.1, 0.15) is 17.6 Å². The first-order valence-corrected chi connectivity index (χ1v) is 10.5. The maximum atomic E-state index is 14.4. The van der Waals surface area contributed by atoms with Crippen LogP contribution in [0, 0.1) is 0 Å². The summed E-state index contributed by atoms with van der Waals surface area (Å²) >= 11 is 0. The lowest BCUT2D eigenvalue weighted by molar-refractivity contribution is -0.130. The number of hydrogen-bond acceptors (Lipinski definition) is 5. The van der Waals surface area contributed by atoms with Crippen molar-refractivity contribution < 1.29 is 9.18 Å². The normalized spacial score (nSPS) is 16.8. The highest BCUT2D eigenvalue weighted by atomic mass is 31.0. The SMILES string of the molecule is CC(F)(P)c1cc(CC(=O)N2CCN(c3ccc4nncn4n3)CC2)ccc1P. The number of piperazine rings is 1. The summed E-state index contributed by atoms with van der Waals surface area (Å²) in [7, 11) is 4.76. The van der Waals surface area contributed by atoms with Gasteiger partial charge in [-0.3, -0.25) is 4.79 Å². The molecule has 3 heterocycles. The van der Waals surface area contributed by atoms with Crippen molar-refractivity contribution >= 4 is 41.2 Å². The average molecular weight is 432 g/mol. The summed E-state index contributed by atoms with van der Waals surface area (Å²) in [6, 6.07) is 9.31. The lowest BCUT2D eigenvalue weighted by Crippen LogP contribution is -2.49. The molecule has 3 aromatic rings. The van der Waals surface area contributed by atoms with Crippen molar-refractivity contribution in [2.45, 2.75) is 18.8 Å². The zero-order valence-corrected chi connectivity index (χ0v) is 18.4. The van der Waals surface area contributed by atoms with Crippen LogP contribution in [-0.4, -0.2) is 56.8 Å². The lowest BCUT2D eigenvalue weighted by Gasteiger charge is -2.35. The van der Waals surface area contributed by atoms with Crippen LogP contribution in [0.4, 0.5) is 10.2 Å². The van der Waals surface area contributed by atoms with Gasteiger partial charge in [0.05, 0.1) is 6.42 Å². The van der Waals surface area contributed by atoms with E-state index in [1.807, 2.05) is 29.2 Å². The molecule has 0 radical (unpaired) electrons. The minimum atomic E-state index is -1.53. The van der Waals surface area contributed by atoms with E-state index < -0.39 is 5.41 Å². The van der Waals surface area contributed by atoms with Gasteiger partial charge in [0, 0.05) is 26.2 Å². The zero-order chi connectivity index (χ0) is 20.6. The molecule has 1 aliphatic rings. The fraction of sp³-hybridized carbons (Fsp3) is 0.368. The summed E-state index contributed by atoms with van der Waals surface area (Å²) < 4.78 is 16.0. The number of benzene rings is 1. The van der Waals surface area contributed by atoms with Gasteiger partial charge in [0.25, 0.3) is 0 Å². The lowest BCUT2D eigenvalue weighted by atomic mass is 10.0. The molecule has 4 rings (SSSR count). The number of hydrogen-bond donors (Lipinski definition) is 0. The number of carbonyl (C=O) groups is 1. The Hall–Kier alpha value is -2.17. The fourth-order valence-electron chi connectivity index (χ4n) is 3.50. The predicted octanol–water partition coefficient (Wildman–Crippen LogP) is 1.53. The van der Waals surface area contributed by atoms with Crippen LogP contribution in [-0.2, 0) is 16.6 Å². The van der Waals surface area contributed by atoms with Crippen LogP contribution in [0.1, 0.15) is 18.1 Å². The molecular formula is C19H23FN6OP2. The second-order valence-electron chi connectivity index (χ2n) is 7.37. The van der Waals surface area contributed by atoms with Crippen molar-refractivity contribution in [3.8, 4) is 0 Å². The fourth-order valence-corrected chi connectivity index (χ4v) is 4.37. The van der Waals surface area contributed by atoms with E-state index in [0.29, 0.717) is 37.4 Å². The van der Waals surface area contributed by atoms with E-state index in [1.54, 1.807) is 16.9 Å². The monoisotopic (exact) mass is 432 g/mol. The second-order valence-corrected chi connectivity index (χ2v) is 9.07. The van der Waals surface area contributed by atoms with Crippen LogP contribution in [0.3, 0.4) is 0 Å². The molecule has 152 valence electrons. The molecule has 0 saturated carbocycles. The highest BCUT2D eigenvalue weighted by molar-refractivity contribution is 7.28. The minimum absolute atomic E-state index is 0.0543. The minimum Gasteiger partial charge on any atom is -0.352 e. The van der Waals surface area contributed by atoms with Crippen LogP contribution < -0.4 is 10.2 Å². The molecule has 7 nitrogen and oxygen atoms in total. The Morgan fingerprint density at radius 1 is 1.21 bits per heavy atom. The van der Waals surface area contributed by atoms with Crippen molar-refractivity contribution in [1.29, 1.82) is 0 Å². The van der Waals surface area contributed by atoms with Crippen LogP contribution in [0.25, 0.3) is 5.65 Å². The Morgan fingerprint density at radius 2 is 1.97 bits per heavy atom. The highest BCUT2D eigenvalue weighted by Gasteiger charge is 2.25. The number of amides is 1. The summed E-state index contributed by atoms with van der Waals surface area (Å²) in [5.74, 6) is 0.895. The number of fused-ring (bicyclic) bond motifs is 1. The molecule has 1 aromatic carbocycles. The van der Waals surface area contributed by atoms with Crippen LogP contribution in [0.5, 0.6) is 0 Å². The molecule has 0 aliphatic carbocycles. The number of rotatable bonds is 4. The van der Waals surface area contributed by atoms with Crippen molar-refractivity contribution in [3.63, 3.8) is 0 Å². The first-order chi connectivity index (χ1) is 13.8. The standard InChI is InChI=1S/C19H23FN6OP2/c1-19(20,29)14-10-13(2-3-15(14)28)11-18(27)25-8-6-24(7-9-25)17-5-4-16-22-21-12-26(16)23-17/h2-5,10,12H,6-9,11,28-29H2,1H3. The average Bonchev–Trinajstić information content (AvgIpc) is 3.16. The number of alkyl halides is 1. The number of anilines is 1. The summed E-state index contributed by atoms with van der Waals surface area (Å²) in [6.45, 7) is 4.16. The van der Waals surface area contributed by atoms with Gasteiger partial charge in [-0.15, -0.1) is 24.5 Å². The molecule has 3 unspecified atom stereocenters. The summed E-state index contributed by atoms with van der Waals surface area (Å²) in [5.41, 5.74) is 2.09. The maximum absolute atomic E-state index is 14.4. The van der Waals surface area contributed by atoms with Crippen molar-refractivity contribution in [2.24, 2.45) is 0 Å². The van der Waals surface area contributed by atoms with Gasteiger partial charge in [0.15, 0.2) is 5.65 Å². The summed E-state index contributed by atoms with van der Waals surface area (Å²) in [5, 5.41) is 11.6. The third kappa shape index (κ3) is 4.39. The molecule has 0 N–H and O–H groups in total. The largest absolute Gasteiger partial charge is 0.352 e. The smallest absolute Gasteiger partial charge is 0.227 e. The number of halogens is 1. The zero-order valence-electron chi connectivity index (χ0n) is 16.1. The molecule has 0 bridgehead atoms. The Kier molecular flexibility index (Phi) is 5.50. The molecule has 29 heavy (non-hydrogen) atoms. The molecule has 1 amide bonds. The predicted molar refractivity (Wildman–Crippen MR) is 117 cm³/mol. The van der Waals surface area contributed by atoms with E-state index in [-0.39, 0.29) is 12.3 Å². The number of carbonyl (C=O) groups excluding carboxylic acids is 1. The Labute approximate surface area is 173 Å². The third-order valence-corrected chi connectivity index (χ3v) is 5.92. The van der Waals surface area contributed by atoms with Crippen molar-refractivity contribution in [1.82, 2.24) is 24.7 Å². The molecule has 10 heteroatoms. The van der Waals surface area contributed by atoms with E-state index >= 15 is 0 Å². The van der Waals surface area contributed by atoms with Crippen LogP contribution in [0.15, 0.2) is 36.7 Å². The maximum Gasteiger partial charge on any atom is 0.227 e. The van der Waals surface area contributed by atoms with Crippen LogP contribution in [0.2, 0.25) is 0 Å². The third-order valence-electron chi connectivity index (χ3n) is 5.10. The highest BCUT2D eigenvalue weighted by Crippen LogP contribution is 2.32. The first-order valence-electron chi connectivity index (χ1n) is 9.38. The van der Waals surface area contributed by atoms with Gasteiger partial charge >= 0.3 is 0 Å². The molecule has 2 aromatic heterocycles. The van der Waals surface area contributed by atoms with Crippen LogP contribution >= 0.6 is 18.5 Å². The second kappa shape index (κ2) is 7.92. The van der Waals surface area contributed by atoms with Gasteiger partial charge in [-0.2, -0.15) is 4.52 Å².